The molecule has 0 bridgehead atoms. The monoisotopic (exact) mass is 588 g/mol. The van der Waals surface area contributed by atoms with Crippen LogP contribution < -0.4 is 10.0 Å². The first kappa shape index (κ1) is 29.0. The number of aryl methyl sites for hydroxylation is 1. The highest BCUT2D eigenvalue weighted by molar-refractivity contribution is 7.89. The largest absolute Gasteiger partial charge is 0.349 e. The SMILES string of the molecule is Cc1nc(-c2cccc(S(=O)(=O)N[C@@H](CNC(=O)c3ccc(Cl)s3)C(=O)N3CCN(C)CC3)c2)no1.Cl. The van der Waals surface area contributed by atoms with Crippen molar-refractivity contribution >= 4 is 57.2 Å². The summed E-state index contributed by atoms with van der Waals surface area (Å²) >= 11 is 7.00. The summed E-state index contributed by atoms with van der Waals surface area (Å²) in [4.78, 5) is 34.0. The van der Waals surface area contributed by atoms with Gasteiger partial charge >= 0.3 is 0 Å². The molecule has 0 spiro atoms. The van der Waals surface area contributed by atoms with Gasteiger partial charge in [0.2, 0.25) is 27.6 Å². The van der Waals surface area contributed by atoms with Crippen molar-refractivity contribution in [1.29, 1.82) is 0 Å². The average molecular weight is 590 g/mol. The van der Waals surface area contributed by atoms with Crippen LogP contribution in [0.1, 0.15) is 15.6 Å². The summed E-state index contributed by atoms with van der Waals surface area (Å²) in [6.07, 6.45) is 0. The highest BCUT2D eigenvalue weighted by Gasteiger charge is 2.31. The minimum atomic E-state index is -4.15. The van der Waals surface area contributed by atoms with Crippen molar-refractivity contribution in [1.82, 2.24) is 30.0 Å². The Bertz CT molecular complexity index is 1350. The van der Waals surface area contributed by atoms with Gasteiger partial charge < -0.3 is 19.6 Å². The van der Waals surface area contributed by atoms with Crippen LogP contribution in [0.15, 0.2) is 45.8 Å². The van der Waals surface area contributed by atoms with Crippen molar-refractivity contribution in [3.8, 4) is 11.4 Å². The molecule has 11 nitrogen and oxygen atoms in total. The zero-order valence-corrected chi connectivity index (χ0v) is 23.2. The van der Waals surface area contributed by atoms with E-state index >= 15 is 0 Å². The number of aromatic nitrogens is 2. The molecule has 200 valence electrons. The van der Waals surface area contributed by atoms with E-state index in [1.807, 2.05) is 7.05 Å². The summed E-state index contributed by atoms with van der Waals surface area (Å²) in [5, 5.41) is 6.47. The summed E-state index contributed by atoms with van der Waals surface area (Å²) in [5.41, 5.74) is 0.444. The van der Waals surface area contributed by atoms with Gasteiger partial charge in [0, 0.05) is 45.2 Å². The molecule has 4 rings (SSSR count). The van der Waals surface area contributed by atoms with Crippen LogP contribution in [0.25, 0.3) is 11.4 Å². The second kappa shape index (κ2) is 12.3. The van der Waals surface area contributed by atoms with Gasteiger partial charge in [0.05, 0.1) is 14.1 Å². The zero-order valence-electron chi connectivity index (χ0n) is 20.0. The van der Waals surface area contributed by atoms with E-state index in [4.69, 9.17) is 16.1 Å². The van der Waals surface area contributed by atoms with Crippen LogP contribution in [0.2, 0.25) is 4.34 Å². The van der Waals surface area contributed by atoms with E-state index in [2.05, 4.69) is 25.1 Å². The number of rotatable bonds is 8. The summed E-state index contributed by atoms with van der Waals surface area (Å²) in [6, 6.07) is 7.95. The Hall–Kier alpha value is -2.55. The molecule has 1 saturated heterocycles. The third-order valence-electron chi connectivity index (χ3n) is 5.60. The molecule has 1 atom stereocenters. The van der Waals surface area contributed by atoms with Crippen molar-refractivity contribution in [3.63, 3.8) is 0 Å². The number of piperazine rings is 1. The molecule has 2 N–H and O–H groups in total. The van der Waals surface area contributed by atoms with Gasteiger partial charge in [0.15, 0.2) is 0 Å². The Morgan fingerprint density at radius 1 is 1.19 bits per heavy atom. The topological polar surface area (TPSA) is 138 Å². The van der Waals surface area contributed by atoms with Crippen LogP contribution >= 0.6 is 35.3 Å². The van der Waals surface area contributed by atoms with Crippen molar-refractivity contribution in [2.45, 2.75) is 17.9 Å². The predicted molar refractivity (Wildman–Crippen MR) is 142 cm³/mol. The standard InChI is InChI=1S/C22H25ClN6O5S2.ClH/c1-14-25-20(26-34-14)15-4-3-5-16(12-15)36(32,33)27-17(22(31)29-10-8-28(2)9-11-29)13-24-21(30)18-6-7-19(23)35-18;/h3-7,12,17,27H,8-11,13H2,1-2H3,(H,24,30);1H/t17-;/m0./s1. The Kier molecular flexibility index (Phi) is 9.67. The molecule has 1 aliphatic rings. The molecule has 37 heavy (non-hydrogen) atoms. The summed E-state index contributed by atoms with van der Waals surface area (Å²) in [7, 11) is -2.20. The van der Waals surface area contributed by atoms with E-state index < -0.39 is 27.9 Å². The molecule has 0 radical (unpaired) electrons. The number of nitrogens with one attached hydrogen (secondary N) is 2. The first-order valence-corrected chi connectivity index (χ1v) is 13.7. The van der Waals surface area contributed by atoms with Crippen LogP contribution in [0, 0.1) is 6.92 Å². The molecule has 2 amide bonds. The second-order valence-corrected chi connectivity index (χ2v) is 11.7. The predicted octanol–water partition coefficient (Wildman–Crippen LogP) is 2.03. The third kappa shape index (κ3) is 7.27. The lowest BCUT2D eigenvalue weighted by Gasteiger charge is -2.34. The van der Waals surface area contributed by atoms with Gasteiger partial charge in [-0.25, -0.2) is 8.42 Å². The van der Waals surface area contributed by atoms with E-state index in [9.17, 15) is 18.0 Å². The number of carbonyl (C=O) groups is 2. The molecular formula is C22H26Cl2N6O5S2. The Labute approximate surface area is 229 Å². The number of hydrogen-bond acceptors (Lipinski definition) is 9. The normalized spacial score (nSPS) is 15.2. The maximum Gasteiger partial charge on any atom is 0.261 e. The molecule has 0 unspecified atom stereocenters. The summed E-state index contributed by atoms with van der Waals surface area (Å²) < 4.78 is 34.5. The minimum absolute atomic E-state index is 0. The zero-order chi connectivity index (χ0) is 25.9. The highest BCUT2D eigenvalue weighted by atomic mass is 35.5. The number of benzene rings is 1. The fourth-order valence-corrected chi connectivity index (χ4v) is 5.81. The Morgan fingerprint density at radius 3 is 2.54 bits per heavy atom. The molecule has 3 heterocycles. The number of carbonyl (C=O) groups excluding carboxylic acids is 2. The van der Waals surface area contributed by atoms with Crippen LogP contribution in [0.5, 0.6) is 0 Å². The maximum absolute atomic E-state index is 13.3. The van der Waals surface area contributed by atoms with Crippen LogP contribution in [0.4, 0.5) is 0 Å². The van der Waals surface area contributed by atoms with Crippen molar-refractivity contribution in [3.05, 3.63) is 51.5 Å². The van der Waals surface area contributed by atoms with E-state index in [-0.39, 0.29) is 29.7 Å². The first-order chi connectivity index (χ1) is 17.1. The summed E-state index contributed by atoms with van der Waals surface area (Å²) in [5.74, 6) is -0.272. The van der Waals surface area contributed by atoms with Crippen molar-refractivity contribution in [2.75, 3.05) is 39.8 Å². The van der Waals surface area contributed by atoms with Gasteiger partial charge in [-0.1, -0.05) is 28.9 Å². The smallest absolute Gasteiger partial charge is 0.261 e. The van der Waals surface area contributed by atoms with E-state index in [0.29, 0.717) is 46.8 Å². The maximum atomic E-state index is 13.3. The van der Waals surface area contributed by atoms with E-state index in [0.717, 1.165) is 11.3 Å². The number of likely N-dealkylation sites (N-methyl/N-ethyl adjacent to an activating group) is 1. The molecule has 15 heteroatoms. The number of halogens is 2. The number of nitrogens with zero attached hydrogens (tertiary/aromatic N) is 4. The fourth-order valence-electron chi connectivity index (χ4n) is 3.62. The lowest BCUT2D eigenvalue weighted by molar-refractivity contribution is -0.134. The molecule has 1 fully saturated rings. The average Bonchev–Trinajstić information content (AvgIpc) is 3.50. The van der Waals surface area contributed by atoms with Gasteiger partial charge in [-0.2, -0.15) is 9.71 Å². The summed E-state index contributed by atoms with van der Waals surface area (Å²) in [6.45, 7) is 3.63. The first-order valence-electron chi connectivity index (χ1n) is 11.1. The fraction of sp³-hybridized carbons (Fsp3) is 0.364. The lowest BCUT2D eigenvalue weighted by Crippen LogP contribution is -2.57. The molecule has 1 aromatic carbocycles. The minimum Gasteiger partial charge on any atom is -0.349 e. The van der Waals surface area contributed by atoms with E-state index in [1.54, 1.807) is 36.1 Å². The van der Waals surface area contributed by atoms with E-state index in [1.165, 1.54) is 12.1 Å². The Morgan fingerprint density at radius 2 is 1.92 bits per heavy atom. The molecule has 1 aliphatic heterocycles. The molecular weight excluding hydrogens is 563 g/mol. The van der Waals surface area contributed by atoms with Crippen molar-refractivity contribution < 1.29 is 22.5 Å². The molecule has 3 aromatic rings. The Balaban J connectivity index is 0.00000380. The quantitative estimate of drug-likeness (QED) is 0.407. The molecule has 2 aromatic heterocycles. The number of hydrogen-bond donors (Lipinski definition) is 2. The second-order valence-electron chi connectivity index (χ2n) is 8.28. The number of thiophene rings is 1. The number of sulfonamides is 1. The van der Waals surface area contributed by atoms with Crippen LogP contribution in [-0.4, -0.2) is 86.0 Å². The third-order valence-corrected chi connectivity index (χ3v) is 8.30. The van der Waals surface area contributed by atoms with Gasteiger partial charge in [0.25, 0.3) is 5.91 Å². The number of amides is 2. The highest BCUT2D eigenvalue weighted by Crippen LogP contribution is 2.22. The van der Waals surface area contributed by atoms with Gasteiger partial charge in [-0.05, 0) is 31.3 Å². The van der Waals surface area contributed by atoms with Crippen LogP contribution in [-0.2, 0) is 14.8 Å². The molecule has 0 saturated carbocycles. The van der Waals surface area contributed by atoms with Gasteiger partial charge in [0.1, 0.15) is 6.04 Å². The van der Waals surface area contributed by atoms with Gasteiger partial charge in [-0.15, -0.1) is 23.7 Å². The molecule has 0 aliphatic carbocycles. The van der Waals surface area contributed by atoms with Crippen molar-refractivity contribution in [2.24, 2.45) is 0 Å². The lowest BCUT2D eigenvalue weighted by atomic mass is 10.2. The van der Waals surface area contributed by atoms with Crippen LogP contribution in [0.3, 0.4) is 0 Å². The van der Waals surface area contributed by atoms with Gasteiger partial charge in [-0.3, -0.25) is 9.59 Å².